The molecule has 0 aliphatic carbocycles. The van der Waals surface area contributed by atoms with Crippen molar-refractivity contribution >= 4 is 45.0 Å². The molecule has 3 N–H and O–H groups in total. The summed E-state index contributed by atoms with van der Waals surface area (Å²) in [7, 11) is 0. The topological polar surface area (TPSA) is 55.1 Å². The van der Waals surface area contributed by atoms with Crippen LogP contribution in [0.1, 0.15) is 6.42 Å². The van der Waals surface area contributed by atoms with E-state index < -0.39 is 0 Å². The van der Waals surface area contributed by atoms with Gasteiger partial charge in [-0.05, 0) is 46.3 Å². The van der Waals surface area contributed by atoms with Crippen LogP contribution in [-0.4, -0.2) is 11.7 Å². The lowest BCUT2D eigenvalue weighted by Crippen LogP contribution is -2.12. The monoisotopic (exact) mass is 350 g/mol. The Kier molecular flexibility index (Phi) is 5.49. The second-order valence-corrected chi connectivity index (χ2v) is 6.19. The third-order valence-electron chi connectivity index (χ3n) is 2.59. The Morgan fingerprint density at radius 3 is 2.75 bits per heavy atom. The Balaban J connectivity index is 1.80. The summed E-state index contributed by atoms with van der Waals surface area (Å²) in [6.07, 6.45) is 0.459. The van der Waals surface area contributed by atoms with E-state index in [9.17, 15) is 4.79 Å². The molecular formula is C15H15BrN2OS. The average molecular weight is 351 g/mol. The second kappa shape index (κ2) is 7.36. The van der Waals surface area contributed by atoms with E-state index in [1.165, 1.54) is 0 Å². The molecule has 0 heterocycles. The highest BCUT2D eigenvalue weighted by Crippen LogP contribution is 2.27. The zero-order valence-electron chi connectivity index (χ0n) is 10.8. The van der Waals surface area contributed by atoms with Crippen molar-refractivity contribution in [1.82, 2.24) is 0 Å². The lowest BCUT2D eigenvalue weighted by molar-refractivity contribution is -0.115. The van der Waals surface area contributed by atoms with Crippen LogP contribution in [-0.2, 0) is 4.79 Å². The van der Waals surface area contributed by atoms with E-state index >= 15 is 0 Å². The van der Waals surface area contributed by atoms with E-state index in [1.54, 1.807) is 23.9 Å². The summed E-state index contributed by atoms with van der Waals surface area (Å²) in [6.45, 7) is 0. The molecule has 0 atom stereocenters. The largest absolute Gasteiger partial charge is 0.399 e. The lowest BCUT2D eigenvalue weighted by Gasteiger charge is -2.06. The van der Waals surface area contributed by atoms with Gasteiger partial charge in [-0.15, -0.1) is 11.8 Å². The molecule has 3 nitrogen and oxygen atoms in total. The highest BCUT2D eigenvalue weighted by molar-refractivity contribution is 9.10. The van der Waals surface area contributed by atoms with E-state index in [0.29, 0.717) is 12.1 Å². The van der Waals surface area contributed by atoms with Crippen LogP contribution in [0.25, 0.3) is 0 Å². The smallest absolute Gasteiger partial charge is 0.225 e. The summed E-state index contributed by atoms with van der Waals surface area (Å²) in [6, 6.07) is 15.2. The quantitative estimate of drug-likeness (QED) is 0.628. The van der Waals surface area contributed by atoms with E-state index in [-0.39, 0.29) is 5.91 Å². The van der Waals surface area contributed by atoms with Gasteiger partial charge in [-0.2, -0.15) is 0 Å². The molecule has 1 amide bonds. The summed E-state index contributed by atoms with van der Waals surface area (Å²) < 4.78 is 1.06. The Morgan fingerprint density at radius 2 is 2.00 bits per heavy atom. The zero-order valence-corrected chi connectivity index (χ0v) is 13.2. The molecule has 0 saturated carbocycles. The molecule has 5 heteroatoms. The minimum absolute atomic E-state index is 0.00449. The number of thioether (sulfide) groups is 1. The number of halogens is 1. The number of anilines is 2. The predicted molar refractivity (Wildman–Crippen MR) is 89.0 cm³/mol. The van der Waals surface area contributed by atoms with Gasteiger partial charge in [-0.3, -0.25) is 4.79 Å². The summed E-state index contributed by atoms with van der Waals surface area (Å²) >= 11 is 5.15. The SMILES string of the molecule is Nc1cccc(NC(=O)CCSc2ccccc2Br)c1. The first-order valence-electron chi connectivity index (χ1n) is 6.18. The van der Waals surface area contributed by atoms with Crippen LogP contribution < -0.4 is 11.1 Å². The molecule has 0 radical (unpaired) electrons. The van der Waals surface area contributed by atoms with Gasteiger partial charge >= 0.3 is 0 Å². The molecule has 104 valence electrons. The van der Waals surface area contributed by atoms with Crippen molar-refractivity contribution in [2.45, 2.75) is 11.3 Å². The van der Waals surface area contributed by atoms with Crippen molar-refractivity contribution in [2.75, 3.05) is 16.8 Å². The fourth-order valence-electron chi connectivity index (χ4n) is 1.66. The van der Waals surface area contributed by atoms with Gasteiger partial charge in [0.05, 0.1) is 0 Å². The lowest BCUT2D eigenvalue weighted by atomic mass is 10.3. The van der Waals surface area contributed by atoms with Crippen molar-refractivity contribution in [3.8, 4) is 0 Å². The normalized spacial score (nSPS) is 10.2. The standard InChI is InChI=1S/C15H15BrN2OS/c16-13-6-1-2-7-14(13)20-9-8-15(19)18-12-5-3-4-11(17)10-12/h1-7,10H,8-9,17H2,(H,18,19). The minimum atomic E-state index is -0.00449. The number of hydrogen-bond donors (Lipinski definition) is 2. The summed E-state index contributed by atoms with van der Waals surface area (Å²) in [5, 5.41) is 2.84. The first-order valence-corrected chi connectivity index (χ1v) is 7.96. The number of nitrogens with one attached hydrogen (secondary N) is 1. The van der Waals surface area contributed by atoms with Crippen LogP contribution in [0.3, 0.4) is 0 Å². The molecule has 2 aromatic rings. The summed E-state index contributed by atoms with van der Waals surface area (Å²) in [5.41, 5.74) is 7.05. The molecule has 0 aromatic heterocycles. The van der Waals surface area contributed by atoms with Gasteiger partial charge in [-0.1, -0.05) is 18.2 Å². The van der Waals surface area contributed by atoms with Crippen molar-refractivity contribution < 1.29 is 4.79 Å². The second-order valence-electron chi connectivity index (χ2n) is 4.20. The molecule has 0 spiro atoms. The van der Waals surface area contributed by atoms with Crippen LogP contribution >= 0.6 is 27.7 Å². The predicted octanol–water partition coefficient (Wildman–Crippen LogP) is 4.15. The van der Waals surface area contributed by atoms with Gasteiger partial charge in [0.15, 0.2) is 0 Å². The number of nitrogens with two attached hydrogens (primary N) is 1. The van der Waals surface area contributed by atoms with Gasteiger partial charge in [0, 0.05) is 32.9 Å². The van der Waals surface area contributed by atoms with Crippen molar-refractivity contribution in [1.29, 1.82) is 0 Å². The Morgan fingerprint density at radius 1 is 1.20 bits per heavy atom. The molecule has 0 fully saturated rings. The zero-order chi connectivity index (χ0) is 14.4. The summed E-state index contributed by atoms with van der Waals surface area (Å²) in [4.78, 5) is 13.0. The maximum Gasteiger partial charge on any atom is 0.225 e. The number of amides is 1. The number of carbonyl (C=O) groups is 1. The van der Waals surface area contributed by atoms with Gasteiger partial charge in [0.1, 0.15) is 0 Å². The first-order chi connectivity index (χ1) is 9.65. The molecule has 2 aromatic carbocycles. The number of carbonyl (C=O) groups excluding carboxylic acids is 1. The first kappa shape index (κ1) is 14.9. The van der Waals surface area contributed by atoms with Crippen LogP contribution in [0.5, 0.6) is 0 Å². The van der Waals surface area contributed by atoms with E-state index in [2.05, 4.69) is 21.2 Å². The Bertz CT molecular complexity index is 604. The molecule has 0 unspecified atom stereocenters. The third kappa shape index (κ3) is 4.58. The number of nitrogen functional groups attached to an aromatic ring is 1. The van der Waals surface area contributed by atoms with Gasteiger partial charge in [0.25, 0.3) is 0 Å². The molecule has 0 saturated heterocycles. The van der Waals surface area contributed by atoms with Crippen molar-refractivity contribution in [3.05, 3.63) is 53.0 Å². The molecule has 2 rings (SSSR count). The van der Waals surface area contributed by atoms with Crippen LogP contribution in [0.2, 0.25) is 0 Å². The molecule has 0 aliphatic heterocycles. The number of rotatable bonds is 5. The van der Waals surface area contributed by atoms with E-state index in [4.69, 9.17) is 5.73 Å². The fraction of sp³-hybridized carbons (Fsp3) is 0.133. The fourth-order valence-corrected chi connectivity index (χ4v) is 3.17. The van der Waals surface area contributed by atoms with Gasteiger partial charge in [-0.25, -0.2) is 0 Å². The highest BCUT2D eigenvalue weighted by Gasteiger charge is 2.04. The van der Waals surface area contributed by atoms with Gasteiger partial charge < -0.3 is 11.1 Å². The molecule has 20 heavy (non-hydrogen) atoms. The molecule has 0 aliphatic rings. The average Bonchev–Trinajstić information content (AvgIpc) is 2.41. The van der Waals surface area contributed by atoms with Crippen LogP contribution in [0, 0.1) is 0 Å². The number of benzene rings is 2. The third-order valence-corrected chi connectivity index (χ3v) is 4.62. The van der Waals surface area contributed by atoms with E-state index in [1.807, 2.05) is 36.4 Å². The van der Waals surface area contributed by atoms with E-state index in [0.717, 1.165) is 20.8 Å². The van der Waals surface area contributed by atoms with Crippen molar-refractivity contribution in [3.63, 3.8) is 0 Å². The maximum atomic E-state index is 11.8. The Labute approximate surface area is 131 Å². The maximum absolute atomic E-state index is 11.8. The summed E-state index contributed by atoms with van der Waals surface area (Å²) in [5.74, 6) is 0.728. The minimum Gasteiger partial charge on any atom is -0.399 e. The highest BCUT2D eigenvalue weighted by atomic mass is 79.9. The molecule has 0 bridgehead atoms. The van der Waals surface area contributed by atoms with Crippen LogP contribution in [0.15, 0.2) is 57.9 Å². The molecular weight excluding hydrogens is 336 g/mol. The van der Waals surface area contributed by atoms with Crippen LogP contribution in [0.4, 0.5) is 11.4 Å². The number of hydrogen-bond acceptors (Lipinski definition) is 3. The Hall–Kier alpha value is -1.46. The van der Waals surface area contributed by atoms with Crippen molar-refractivity contribution in [2.24, 2.45) is 0 Å². The van der Waals surface area contributed by atoms with Gasteiger partial charge in [0.2, 0.25) is 5.91 Å².